The molecule has 0 aliphatic heterocycles. The predicted molar refractivity (Wildman–Crippen MR) is 138 cm³/mol. The topological polar surface area (TPSA) is 0 Å². The molecule has 0 saturated heterocycles. The maximum atomic E-state index is 2.55. The van der Waals surface area contributed by atoms with E-state index in [1.54, 1.807) is 5.31 Å². The summed E-state index contributed by atoms with van der Waals surface area (Å²) in [6.07, 6.45) is 11.8. The van der Waals surface area contributed by atoms with E-state index in [0.29, 0.717) is 0 Å². The van der Waals surface area contributed by atoms with Gasteiger partial charge in [-0.05, 0) is 0 Å². The molecule has 0 aliphatic carbocycles. The number of hydrogen-bond donors (Lipinski definition) is 0. The molecule has 3 rings (SSSR count). The van der Waals surface area contributed by atoms with Gasteiger partial charge in [-0.2, -0.15) is 0 Å². The van der Waals surface area contributed by atoms with Crippen LogP contribution >= 0.6 is 7.26 Å². The van der Waals surface area contributed by atoms with Gasteiger partial charge in [-0.15, -0.1) is 0 Å². The van der Waals surface area contributed by atoms with E-state index >= 15 is 0 Å². The van der Waals surface area contributed by atoms with Crippen LogP contribution in [0.15, 0.2) is 102 Å². The molecule has 0 nitrogen and oxygen atoms in total. The van der Waals surface area contributed by atoms with Crippen molar-refractivity contribution in [3.63, 3.8) is 0 Å². The molecule has 0 N–H and O–H groups in total. The molecule has 0 aromatic heterocycles. The van der Waals surface area contributed by atoms with Crippen molar-refractivity contribution in [3.8, 4) is 0 Å². The molecule has 0 spiro atoms. The summed E-state index contributed by atoms with van der Waals surface area (Å²) in [5.74, 6) is 0. The Kier molecular flexibility index (Phi) is 8.91. The van der Waals surface area contributed by atoms with Crippen molar-refractivity contribution in [2.24, 2.45) is 0 Å². The summed E-state index contributed by atoms with van der Waals surface area (Å²) >= 11 is 0. The van der Waals surface area contributed by atoms with Crippen molar-refractivity contribution in [2.45, 2.75) is 58.8 Å². The first-order valence-electron chi connectivity index (χ1n) is 11.6. The summed E-state index contributed by atoms with van der Waals surface area (Å²) in [7, 11) is -2.25. The number of unbranched alkanes of at least 4 members (excludes halogenated alkanes) is 6. The van der Waals surface area contributed by atoms with Gasteiger partial charge < -0.3 is 0 Å². The third-order valence-electron chi connectivity index (χ3n) is 6.22. The monoisotopic (exact) mass is 416 g/mol. The van der Waals surface area contributed by atoms with Gasteiger partial charge in [0.05, 0.1) is 0 Å². The van der Waals surface area contributed by atoms with Crippen molar-refractivity contribution < 1.29 is 0 Å². The van der Waals surface area contributed by atoms with Gasteiger partial charge in [-0.25, -0.2) is 0 Å². The van der Waals surface area contributed by atoms with Crippen LogP contribution in [0, 0.1) is 0 Å². The van der Waals surface area contributed by atoms with Crippen LogP contribution in [-0.2, 0) is 0 Å². The van der Waals surface area contributed by atoms with Crippen molar-refractivity contribution in [2.75, 3.05) is 0 Å². The van der Waals surface area contributed by atoms with Gasteiger partial charge in [0, 0.05) is 0 Å². The summed E-state index contributed by atoms with van der Waals surface area (Å²) in [5.41, 5.74) is 0. The number of allylic oxidation sites excluding steroid dienone is 2. The van der Waals surface area contributed by atoms with Crippen LogP contribution in [0.3, 0.4) is 0 Å². The van der Waals surface area contributed by atoms with Crippen LogP contribution in [-0.4, -0.2) is 0 Å². The van der Waals surface area contributed by atoms with Gasteiger partial charge in [0.25, 0.3) is 0 Å². The molecule has 158 valence electrons. The molecule has 3 aromatic rings. The van der Waals surface area contributed by atoms with E-state index in [-0.39, 0.29) is 0 Å². The van der Waals surface area contributed by atoms with Gasteiger partial charge in [-0.1, -0.05) is 0 Å². The molecule has 30 heavy (non-hydrogen) atoms. The van der Waals surface area contributed by atoms with Crippen LogP contribution in [0.25, 0.3) is 0 Å². The summed E-state index contributed by atoms with van der Waals surface area (Å²) in [4.78, 5) is 0. The quantitative estimate of drug-likeness (QED) is 0.226. The Hall–Kier alpha value is -2.17. The average Bonchev–Trinajstić information content (AvgIpc) is 2.81. The first-order chi connectivity index (χ1) is 14.8. The fourth-order valence-corrected chi connectivity index (χ4v) is 9.54. The first kappa shape index (κ1) is 22.5. The number of hydrogen-bond acceptors (Lipinski definition) is 0. The second-order valence-corrected chi connectivity index (χ2v) is 12.3. The van der Waals surface area contributed by atoms with Crippen LogP contribution in [0.2, 0.25) is 0 Å². The normalized spacial score (nSPS) is 12.7. The van der Waals surface area contributed by atoms with E-state index in [4.69, 9.17) is 0 Å². The summed E-state index contributed by atoms with van der Waals surface area (Å²) in [6, 6.07) is 33.6. The second kappa shape index (κ2) is 11.9. The Morgan fingerprint density at radius 3 is 1.43 bits per heavy atom. The molecule has 0 saturated carbocycles. The van der Waals surface area contributed by atoms with Crippen molar-refractivity contribution >= 4 is 23.2 Å². The third-order valence-corrected chi connectivity index (χ3v) is 11.2. The van der Waals surface area contributed by atoms with E-state index in [0.717, 1.165) is 0 Å². The molecule has 0 heterocycles. The van der Waals surface area contributed by atoms with E-state index in [1.807, 2.05) is 0 Å². The molecule has 0 aliphatic rings. The van der Waals surface area contributed by atoms with Gasteiger partial charge >= 0.3 is 184 Å². The first-order valence-corrected chi connectivity index (χ1v) is 13.6. The number of benzene rings is 3. The van der Waals surface area contributed by atoms with Crippen molar-refractivity contribution in [1.29, 1.82) is 0 Å². The Morgan fingerprint density at radius 1 is 0.600 bits per heavy atom. The average molecular weight is 417 g/mol. The predicted octanol–water partition coefficient (Wildman–Crippen LogP) is 7.37. The fourth-order valence-electron chi connectivity index (χ4n) is 4.64. The summed E-state index contributed by atoms with van der Waals surface area (Å²) in [6.45, 7) is 4.67. The Labute approximate surface area is 184 Å². The molecule has 0 unspecified atom stereocenters. The molecule has 0 radical (unpaired) electrons. The molecule has 1 heteroatoms. The molecule has 3 aromatic carbocycles. The zero-order valence-corrected chi connectivity index (χ0v) is 19.7. The van der Waals surface area contributed by atoms with Crippen LogP contribution in [0.1, 0.15) is 58.8 Å². The molecule has 0 atom stereocenters. The summed E-state index contributed by atoms with van der Waals surface area (Å²) < 4.78 is 0. The SMILES string of the molecule is CCCCCCCC/C=C(/C)[PH](c1ccccc1)(c1ccccc1)c1ccccc1. The second-order valence-electron chi connectivity index (χ2n) is 8.29. The molecular formula is C29H37P. The molecule has 0 amide bonds. The summed E-state index contributed by atoms with van der Waals surface area (Å²) in [5, 5.41) is 5.97. The Morgan fingerprint density at radius 2 is 1.00 bits per heavy atom. The van der Waals surface area contributed by atoms with Crippen LogP contribution in [0.4, 0.5) is 0 Å². The van der Waals surface area contributed by atoms with E-state index in [2.05, 4.69) is 111 Å². The van der Waals surface area contributed by atoms with E-state index < -0.39 is 7.26 Å². The van der Waals surface area contributed by atoms with Gasteiger partial charge in [-0.3, -0.25) is 0 Å². The molecular weight excluding hydrogens is 379 g/mol. The zero-order valence-electron chi connectivity index (χ0n) is 18.7. The molecule has 0 bridgehead atoms. The van der Waals surface area contributed by atoms with Gasteiger partial charge in [0.2, 0.25) is 0 Å². The Bertz CT molecular complexity index is 785. The fraction of sp³-hybridized carbons (Fsp3) is 0.310. The molecule has 0 fully saturated rings. The maximum absolute atomic E-state index is 2.55. The van der Waals surface area contributed by atoms with Crippen LogP contribution in [0.5, 0.6) is 0 Å². The Balaban J connectivity index is 2.00. The zero-order chi connectivity index (χ0) is 21.1. The minimum atomic E-state index is -2.25. The van der Waals surface area contributed by atoms with Gasteiger partial charge in [0.1, 0.15) is 0 Å². The van der Waals surface area contributed by atoms with Crippen molar-refractivity contribution in [3.05, 3.63) is 102 Å². The van der Waals surface area contributed by atoms with Crippen molar-refractivity contribution in [1.82, 2.24) is 0 Å². The number of rotatable bonds is 11. The van der Waals surface area contributed by atoms with E-state index in [9.17, 15) is 0 Å². The van der Waals surface area contributed by atoms with E-state index in [1.165, 1.54) is 60.9 Å². The minimum absolute atomic E-state index is 1.18. The van der Waals surface area contributed by atoms with Gasteiger partial charge in [0.15, 0.2) is 0 Å². The standard InChI is InChI=1S/C29H37P/c1-3-4-5-6-7-8-12-19-26(2)30(27-20-13-9-14-21-27,28-22-15-10-16-23-28)29-24-17-11-18-25-29/h9-11,13-25,30H,3-8,12H2,1-2H3/b26-19-. The third kappa shape index (κ3) is 5.30. The van der Waals surface area contributed by atoms with Crippen LogP contribution < -0.4 is 15.9 Å².